The number of benzodiazepines with no additional fused rings is 1. The lowest BCUT2D eigenvalue weighted by atomic mass is 10.0. The Labute approximate surface area is 173 Å². The fraction of sp³-hybridized carbons (Fsp3) is 0.273. The molecule has 8 nitrogen and oxygen atoms in total. The topological polar surface area (TPSA) is 102 Å². The Morgan fingerprint density at radius 1 is 0.967 bits per heavy atom. The van der Waals surface area contributed by atoms with E-state index in [4.69, 9.17) is 14.1 Å². The monoisotopic (exact) mass is 403 g/mol. The van der Waals surface area contributed by atoms with E-state index in [0.717, 1.165) is 24.0 Å². The van der Waals surface area contributed by atoms with Crippen LogP contribution < -0.4 is 10.6 Å². The highest BCUT2D eigenvalue weighted by atomic mass is 16.5. The summed E-state index contributed by atoms with van der Waals surface area (Å²) < 4.78 is 11.2. The Balaban J connectivity index is 1.46. The minimum atomic E-state index is -0.907. The lowest BCUT2D eigenvalue weighted by molar-refractivity contribution is -0.116. The number of aliphatic imine (C=N–C) groups is 1. The molecule has 3 aromatic rings. The van der Waals surface area contributed by atoms with Crippen molar-refractivity contribution < 1.29 is 13.9 Å². The van der Waals surface area contributed by atoms with Crippen LogP contribution in [-0.2, 0) is 9.53 Å². The fourth-order valence-electron chi connectivity index (χ4n) is 3.70. The van der Waals surface area contributed by atoms with Crippen LogP contribution in [0.5, 0.6) is 0 Å². The molecule has 152 valence electrons. The van der Waals surface area contributed by atoms with E-state index < -0.39 is 6.17 Å². The molecular weight excluding hydrogens is 382 g/mol. The third kappa shape index (κ3) is 3.69. The molecular formula is C22H21N5O3. The molecule has 1 amide bonds. The number of hydrogen-bond acceptors (Lipinski definition) is 7. The van der Waals surface area contributed by atoms with Crippen molar-refractivity contribution in [1.82, 2.24) is 10.2 Å². The molecule has 2 aromatic carbocycles. The average molecular weight is 403 g/mol. The maximum atomic E-state index is 12.9. The van der Waals surface area contributed by atoms with E-state index >= 15 is 0 Å². The second-order valence-electron chi connectivity index (χ2n) is 7.26. The van der Waals surface area contributed by atoms with Gasteiger partial charge in [0.2, 0.25) is 12.1 Å². The highest BCUT2D eigenvalue weighted by molar-refractivity contribution is 6.19. The summed E-state index contributed by atoms with van der Waals surface area (Å²) >= 11 is 0. The third-order valence-corrected chi connectivity index (χ3v) is 5.27. The first-order valence-corrected chi connectivity index (χ1v) is 9.99. The maximum Gasteiger partial charge on any atom is 0.317 e. The van der Waals surface area contributed by atoms with Crippen molar-refractivity contribution >= 4 is 23.3 Å². The average Bonchev–Trinajstić information content (AvgIpc) is 3.21. The number of benzene rings is 2. The van der Waals surface area contributed by atoms with Crippen LogP contribution in [0.2, 0.25) is 0 Å². The molecule has 0 radical (unpaired) electrons. The zero-order chi connectivity index (χ0) is 20.3. The molecule has 2 aliphatic rings. The second kappa shape index (κ2) is 8.08. The van der Waals surface area contributed by atoms with Gasteiger partial charge in [-0.3, -0.25) is 4.79 Å². The van der Waals surface area contributed by atoms with Crippen LogP contribution in [0.15, 0.2) is 64.0 Å². The molecule has 0 bridgehead atoms. The molecule has 1 unspecified atom stereocenters. The molecule has 1 saturated heterocycles. The Morgan fingerprint density at radius 3 is 2.57 bits per heavy atom. The summed E-state index contributed by atoms with van der Waals surface area (Å²) in [5.41, 5.74) is 3.20. The molecule has 30 heavy (non-hydrogen) atoms. The van der Waals surface area contributed by atoms with Crippen molar-refractivity contribution in [2.24, 2.45) is 4.99 Å². The number of amides is 1. The standard InChI is InChI=1S/C22H21N5O3/c28-20-19(25-22-27-26-21(30-22)15-10-12-29-13-11-15)24-18(14-6-2-1-3-7-14)16-8-4-5-9-17(16)23-20/h1-9,15,19H,10-13H2,(H,23,28)(H,25,27). The number of nitrogens with one attached hydrogen (secondary N) is 2. The van der Waals surface area contributed by atoms with Gasteiger partial charge in [-0.1, -0.05) is 53.6 Å². The summed E-state index contributed by atoms with van der Waals surface area (Å²) in [5, 5.41) is 14.2. The van der Waals surface area contributed by atoms with Crippen LogP contribution in [0.1, 0.15) is 35.8 Å². The summed E-state index contributed by atoms with van der Waals surface area (Å²) in [6.07, 6.45) is 0.782. The SMILES string of the molecule is O=C1Nc2ccccc2C(c2ccccc2)=NC1Nc1nnc(C2CCOCC2)o1. The van der Waals surface area contributed by atoms with Gasteiger partial charge in [-0.2, -0.15) is 0 Å². The fourth-order valence-corrected chi connectivity index (χ4v) is 3.70. The Kier molecular flexibility index (Phi) is 4.98. The van der Waals surface area contributed by atoms with E-state index in [0.29, 0.717) is 30.5 Å². The first-order valence-electron chi connectivity index (χ1n) is 9.99. The first kappa shape index (κ1) is 18.5. The number of fused-ring (bicyclic) bond motifs is 1. The first-order chi connectivity index (χ1) is 14.8. The van der Waals surface area contributed by atoms with Gasteiger partial charge >= 0.3 is 6.01 Å². The number of carbonyl (C=O) groups is 1. The van der Waals surface area contributed by atoms with Crippen LogP contribution >= 0.6 is 0 Å². The van der Waals surface area contributed by atoms with E-state index in [1.54, 1.807) is 0 Å². The molecule has 0 spiro atoms. The van der Waals surface area contributed by atoms with E-state index in [1.807, 2.05) is 54.6 Å². The van der Waals surface area contributed by atoms with Crippen LogP contribution in [0.25, 0.3) is 0 Å². The number of aromatic nitrogens is 2. The van der Waals surface area contributed by atoms with Crippen molar-refractivity contribution in [2.75, 3.05) is 23.8 Å². The van der Waals surface area contributed by atoms with Gasteiger partial charge in [-0.15, -0.1) is 5.10 Å². The van der Waals surface area contributed by atoms with Crippen molar-refractivity contribution in [3.63, 3.8) is 0 Å². The Hall–Kier alpha value is -3.52. The lowest BCUT2D eigenvalue weighted by Crippen LogP contribution is -2.32. The van der Waals surface area contributed by atoms with Crippen LogP contribution in [0.4, 0.5) is 11.7 Å². The zero-order valence-corrected chi connectivity index (χ0v) is 16.2. The molecule has 1 atom stereocenters. The van der Waals surface area contributed by atoms with Gasteiger partial charge in [0.1, 0.15) is 0 Å². The van der Waals surface area contributed by atoms with E-state index in [2.05, 4.69) is 20.8 Å². The largest absolute Gasteiger partial charge is 0.408 e. The van der Waals surface area contributed by atoms with Gasteiger partial charge in [-0.05, 0) is 18.9 Å². The normalized spacial score (nSPS) is 19.4. The van der Waals surface area contributed by atoms with Gasteiger partial charge in [0.15, 0.2) is 0 Å². The summed E-state index contributed by atoms with van der Waals surface area (Å²) in [6, 6.07) is 17.6. The Bertz CT molecular complexity index is 1070. The van der Waals surface area contributed by atoms with Gasteiger partial charge in [-0.25, -0.2) is 4.99 Å². The molecule has 0 aliphatic carbocycles. The molecule has 3 heterocycles. The zero-order valence-electron chi connectivity index (χ0n) is 16.2. The molecule has 1 fully saturated rings. The molecule has 2 aliphatic heterocycles. The number of para-hydroxylation sites is 1. The van der Waals surface area contributed by atoms with E-state index in [-0.39, 0.29) is 17.8 Å². The Morgan fingerprint density at radius 2 is 1.73 bits per heavy atom. The maximum absolute atomic E-state index is 12.9. The summed E-state index contributed by atoms with van der Waals surface area (Å²) in [4.78, 5) is 17.6. The minimum absolute atomic E-state index is 0.178. The van der Waals surface area contributed by atoms with Gasteiger partial charge in [0, 0.05) is 30.3 Å². The third-order valence-electron chi connectivity index (χ3n) is 5.27. The van der Waals surface area contributed by atoms with E-state index in [1.165, 1.54) is 0 Å². The van der Waals surface area contributed by atoms with Crippen LogP contribution in [-0.4, -0.2) is 41.2 Å². The summed E-state index contributed by atoms with van der Waals surface area (Å²) in [6.45, 7) is 1.37. The number of carbonyl (C=O) groups excluding carboxylic acids is 1. The number of hydrogen-bond donors (Lipinski definition) is 2. The van der Waals surface area contributed by atoms with Gasteiger partial charge in [0.25, 0.3) is 5.91 Å². The number of rotatable bonds is 4. The highest BCUT2D eigenvalue weighted by Crippen LogP contribution is 2.28. The quantitative estimate of drug-likeness (QED) is 0.694. The molecule has 8 heteroatoms. The van der Waals surface area contributed by atoms with Crippen molar-refractivity contribution in [3.8, 4) is 0 Å². The number of ether oxygens (including phenoxy) is 1. The highest BCUT2D eigenvalue weighted by Gasteiger charge is 2.28. The van der Waals surface area contributed by atoms with Crippen molar-refractivity contribution in [3.05, 3.63) is 71.6 Å². The lowest BCUT2D eigenvalue weighted by Gasteiger charge is -2.18. The smallest absolute Gasteiger partial charge is 0.317 e. The molecule has 1 aromatic heterocycles. The van der Waals surface area contributed by atoms with Crippen LogP contribution in [0.3, 0.4) is 0 Å². The second-order valence-corrected chi connectivity index (χ2v) is 7.26. The van der Waals surface area contributed by atoms with Crippen molar-refractivity contribution in [1.29, 1.82) is 0 Å². The molecule has 0 saturated carbocycles. The molecule has 5 rings (SSSR count). The van der Waals surface area contributed by atoms with E-state index in [9.17, 15) is 4.79 Å². The van der Waals surface area contributed by atoms with Crippen LogP contribution in [0, 0.1) is 0 Å². The van der Waals surface area contributed by atoms with Crippen molar-refractivity contribution in [2.45, 2.75) is 24.9 Å². The summed E-state index contributed by atoms with van der Waals surface area (Å²) in [7, 11) is 0. The molecule has 2 N–H and O–H groups in total. The predicted octanol–water partition coefficient (Wildman–Crippen LogP) is 3.19. The predicted molar refractivity (Wildman–Crippen MR) is 112 cm³/mol. The number of anilines is 2. The van der Waals surface area contributed by atoms with Gasteiger partial charge in [0.05, 0.1) is 11.4 Å². The van der Waals surface area contributed by atoms with Gasteiger partial charge < -0.3 is 19.8 Å². The number of nitrogens with zero attached hydrogens (tertiary/aromatic N) is 3. The summed E-state index contributed by atoms with van der Waals surface area (Å²) in [5.74, 6) is 0.446. The minimum Gasteiger partial charge on any atom is -0.408 e.